The minimum absolute atomic E-state index is 0.00712. The van der Waals surface area contributed by atoms with Crippen molar-refractivity contribution in [1.82, 2.24) is 9.97 Å². The summed E-state index contributed by atoms with van der Waals surface area (Å²) in [5, 5.41) is 11.6. The lowest BCUT2D eigenvalue weighted by molar-refractivity contribution is 0.412. The maximum Gasteiger partial charge on any atom is 0.255 e. The molecule has 0 amide bonds. The molecule has 0 fully saturated rings. The third kappa shape index (κ3) is 5.80. The molecule has 0 atom stereocenters. The molecule has 4 heterocycles. The molecule has 0 aliphatic rings. The molecule has 0 saturated heterocycles. The molecular formula is C32H33ClN2OS2. The summed E-state index contributed by atoms with van der Waals surface area (Å²) >= 11 is 9.78. The average Bonchev–Trinajstić information content (AvgIpc) is 3.39. The second-order valence-corrected chi connectivity index (χ2v) is 14.6. The summed E-state index contributed by atoms with van der Waals surface area (Å²) < 4.78 is 2.59. The molecule has 196 valence electrons. The van der Waals surface area contributed by atoms with Crippen molar-refractivity contribution in [3.8, 4) is 0 Å². The number of nitrogens with one attached hydrogen (secondary N) is 1. The predicted octanol–water partition coefficient (Wildman–Crippen LogP) is 10.0. The number of hydrogen-bond donors (Lipinski definition) is 1. The van der Waals surface area contributed by atoms with E-state index >= 15 is 0 Å². The van der Waals surface area contributed by atoms with E-state index in [0.29, 0.717) is 10.6 Å². The summed E-state index contributed by atoms with van der Waals surface area (Å²) in [5.41, 5.74) is 3.30. The number of benzene rings is 2. The second kappa shape index (κ2) is 10.1. The zero-order chi connectivity index (χ0) is 27.2. The zero-order valence-corrected chi connectivity index (χ0v) is 25.1. The monoisotopic (exact) mass is 560 g/mol. The maximum absolute atomic E-state index is 11.9. The molecule has 0 aliphatic carbocycles. The van der Waals surface area contributed by atoms with E-state index in [0.717, 1.165) is 34.4 Å². The number of thiophene rings is 2. The minimum atomic E-state index is -0.00712. The fraction of sp³-hybridized carbons (Fsp3) is 0.312. The van der Waals surface area contributed by atoms with Crippen LogP contribution in [0.5, 0.6) is 0 Å². The summed E-state index contributed by atoms with van der Waals surface area (Å²) in [6, 6.07) is 12.5. The topological polar surface area (TPSA) is 45.8 Å². The van der Waals surface area contributed by atoms with E-state index in [2.05, 4.69) is 80.5 Å². The molecule has 6 heteroatoms. The van der Waals surface area contributed by atoms with Gasteiger partial charge in [-0.3, -0.25) is 4.79 Å². The van der Waals surface area contributed by atoms with Crippen molar-refractivity contribution < 1.29 is 0 Å². The Labute approximate surface area is 236 Å². The zero-order valence-electron chi connectivity index (χ0n) is 22.7. The smallest absolute Gasteiger partial charge is 0.255 e. The number of aromatic amines is 1. The number of hydrogen-bond acceptors (Lipinski definition) is 4. The molecule has 6 aromatic rings. The van der Waals surface area contributed by atoms with Crippen LogP contribution in [0.3, 0.4) is 0 Å². The summed E-state index contributed by atoms with van der Waals surface area (Å²) in [7, 11) is 0. The quantitative estimate of drug-likeness (QED) is 0.214. The molecule has 0 spiro atoms. The number of H-pyrrole nitrogens is 1. The summed E-state index contributed by atoms with van der Waals surface area (Å²) in [4.78, 5) is 18.8. The molecule has 0 radical (unpaired) electrons. The van der Waals surface area contributed by atoms with E-state index in [4.69, 9.17) is 11.6 Å². The van der Waals surface area contributed by atoms with Gasteiger partial charge in [-0.2, -0.15) is 0 Å². The fourth-order valence-corrected chi connectivity index (χ4v) is 7.09. The van der Waals surface area contributed by atoms with Gasteiger partial charge in [0.15, 0.2) is 0 Å². The van der Waals surface area contributed by atoms with Crippen LogP contribution in [0, 0.1) is 10.8 Å². The van der Waals surface area contributed by atoms with Crippen molar-refractivity contribution in [2.45, 2.75) is 54.4 Å². The van der Waals surface area contributed by atoms with Gasteiger partial charge < -0.3 is 4.98 Å². The van der Waals surface area contributed by atoms with Crippen LogP contribution in [0.15, 0.2) is 64.3 Å². The van der Waals surface area contributed by atoms with Crippen LogP contribution < -0.4 is 5.56 Å². The molecule has 6 rings (SSSR count). The molecule has 0 unspecified atom stereocenters. The fourth-order valence-electron chi connectivity index (χ4n) is 4.89. The number of halogens is 1. The van der Waals surface area contributed by atoms with Crippen molar-refractivity contribution in [2.24, 2.45) is 10.8 Å². The standard InChI is InChI=1S/C16H16ClNS.C16H17NOS/c1-16(2,3)8-11-9-19-14-6-10-4-5-18-15(17)13(10)7-12(11)14;1-16(2,3)8-11-9-19-14-6-10-4-5-17-15(18)13(10)7-12(11)14/h4-7,9H,8H2,1-3H3;4-7,9H,8H2,1-3H3,(H,17,18). The van der Waals surface area contributed by atoms with Crippen molar-refractivity contribution in [3.05, 3.63) is 86.2 Å². The Bertz CT molecular complexity index is 1830. The van der Waals surface area contributed by atoms with Gasteiger partial charge in [0, 0.05) is 32.6 Å². The Morgan fingerprint density at radius 3 is 1.84 bits per heavy atom. The highest BCUT2D eigenvalue weighted by Crippen LogP contribution is 2.36. The molecule has 1 N–H and O–H groups in total. The van der Waals surface area contributed by atoms with Crippen LogP contribution in [0.1, 0.15) is 52.7 Å². The molecule has 3 nitrogen and oxygen atoms in total. The maximum atomic E-state index is 11.9. The minimum Gasteiger partial charge on any atom is -0.329 e. The number of aromatic nitrogens is 2. The molecule has 38 heavy (non-hydrogen) atoms. The van der Waals surface area contributed by atoms with Crippen molar-refractivity contribution in [2.75, 3.05) is 0 Å². The first-order valence-electron chi connectivity index (χ1n) is 12.8. The number of fused-ring (bicyclic) bond motifs is 4. The van der Waals surface area contributed by atoms with E-state index in [1.54, 1.807) is 23.7 Å². The lowest BCUT2D eigenvalue weighted by Crippen LogP contribution is -2.08. The van der Waals surface area contributed by atoms with Crippen LogP contribution in [0.4, 0.5) is 0 Å². The molecule has 0 saturated carbocycles. The first kappa shape index (κ1) is 26.9. The molecular weight excluding hydrogens is 528 g/mol. The van der Waals surface area contributed by atoms with Crippen LogP contribution in [0.2, 0.25) is 5.15 Å². The molecule has 2 aromatic carbocycles. The summed E-state index contributed by atoms with van der Waals surface area (Å²) in [5.74, 6) is 0. The largest absolute Gasteiger partial charge is 0.329 e. The number of pyridine rings is 2. The van der Waals surface area contributed by atoms with Gasteiger partial charge in [0.1, 0.15) is 5.15 Å². The van der Waals surface area contributed by atoms with Crippen molar-refractivity contribution in [1.29, 1.82) is 0 Å². The third-order valence-electron chi connectivity index (χ3n) is 6.48. The van der Waals surface area contributed by atoms with E-state index in [1.165, 1.54) is 31.3 Å². The van der Waals surface area contributed by atoms with Gasteiger partial charge in [0.05, 0.1) is 0 Å². The van der Waals surface area contributed by atoms with Gasteiger partial charge in [0.25, 0.3) is 5.56 Å². The van der Waals surface area contributed by atoms with E-state index < -0.39 is 0 Å². The van der Waals surface area contributed by atoms with Gasteiger partial charge in [-0.1, -0.05) is 53.1 Å². The SMILES string of the molecule is CC(C)(C)Cc1csc2cc3cc[nH]c(=O)c3cc12.CC(C)(C)Cc1csc2cc3ccnc(Cl)c3cc12. The van der Waals surface area contributed by atoms with Crippen molar-refractivity contribution in [3.63, 3.8) is 0 Å². The first-order valence-corrected chi connectivity index (χ1v) is 15.0. The molecule has 0 bridgehead atoms. The number of rotatable bonds is 2. The second-order valence-electron chi connectivity index (χ2n) is 12.4. The van der Waals surface area contributed by atoms with E-state index in [9.17, 15) is 4.79 Å². The van der Waals surface area contributed by atoms with Gasteiger partial charge in [0.2, 0.25) is 0 Å². The number of nitrogens with zero attached hydrogens (tertiary/aromatic N) is 1. The van der Waals surface area contributed by atoms with E-state index in [1.807, 2.05) is 29.5 Å². The highest BCUT2D eigenvalue weighted by molar-refractivity contribution is 7.17. The van der Waals surface area contributed by atoms with Gasteiger partial charge in [-0.15, -0.1) is 22.7 Å². The Balaban J connectivity index is 0.000000155. The lowest BCUT2D eigenvalue weighted by atomic mass is 9.88. The van der Waals surface area contributed by atoms with Crippen LogP contribution in [-0.4, -0.2) is 9.97 Å². The Kier molecular flexibility index (Phi) is 7.14. The van der Waals surface area contributed by atoms with Gasteiger partial charge in [-0.25, -0.2) is 4.98 Å². The van der Waals surface area contributed by atoms with Crippen LogP contribution >= 0.6 is 34.3 Å². The van der Waals surface area contributed by atoms with Gasteiger partial charge >= 0.3 is 0 Å². The molecule has 4 aromatic heterocycles. The van der Waals surface area contributed by atoms with E-state index in [-0.39, 0.29) is 11.0 Å². The molecule has 0 aliphatic heterocycles. The lowest BCUT2D eigenvalue weighted by Gasteiger charge is -2.17. The Morgan fingerprint density at radius 2 is 1.29 bits per heavy atom. The van der Waals surface area contributed by atoms with Crippen LogP contribution in [0.25, 0.3) is 41.7 Å². The Hall–Kier alpha value is -2.73. The Morgan fingerprint density at radius 1 is 0.763 bits per heavy atom. The average molecular weight is 561 g/mol. The summed E-state index contributed by atoms with van der Waals surface area (Å²) in [6.07, 6.45) is 5.58. The highest BCUT2D eigenvalue weighted by atomic mass is 35.5. The normalized spacial score (nSPS) is 12.4. The van der Waals surface area contributed by atoms with Crippen molar-refractivity contribution >= 4 is 76.0 Å². The predicted molar refractivity (Wildman–Crippen MR) is 168 cm³/mol. The highest BCUT2D eigenvalue weighted by Gasteiger charge is 2.16. The van der Waals surface area contributed by atoms with Gasteiger partial charge in [-0.05, 0) is 104 Å². The third-order valence-corrected chi connectivity index (χ3v) is 8.77. The summed E-state index contributed by atoms with van der Waals surface area (Å²) in [6.45, 7) is 13.5. The first-order chi connectivity index (χ1) is 17.9. The van der Waals surface area contributed by atoms with Crippen LogP contribution in [-0.2, 0) is 12.8 Å².